The van der Waals surface area contributed by atoms with Crippen LogP contribution in [0.5, 0.6) is 0 Å². The number of carbonyl (C=O) groups excluding carboxylic acids is 1. The first-order valence-corrected chi connectivity index (χ1v) is 7.42. The minimum atomic E-state index is -1.53. The molecule has 2 aromatic carbocycles. The van der Waals surface area contributed by atoms with E-state index in [0.29, 0.717) is 0 Å². The molecule has 0 atom stereocenters. The van der Waals surface area contributed by atoms with Crippen LogP contribution in [0.4, 0.5) is 10.1 Å². The van der Waals surface area contributed by atoms with Crippen molar-refractivity contribution in [2.45, 2.75) is 0 Å². The Morgan fingerprint density at radius 3 is 1.96 bits per heavy atom. The van der Waals surface area contributed by atoms with Gasteiger partial charge in [-0.05, 0) is 12.1 Å². The lowest BCUT2D eigenvalue weighted by molar-refractivity contribution is 0.0692. The molecule has 9 heteroatoms. The van der Waals surface area contributed by atoms with Gasteiger partial charge in [0.25, 0.3) is 5.91 Å². The molecule has 0 bridgehead atoms. The number of halogens is 5. The molecule has 0 saturated carbocycles. The quantitative estimate of drug-likeness (QED) is 0.539. The fourth-order valence-electron chi connectivity index (χ4n) is 1.79. The van der Waals surface area contributed by atoms with Crippen LogP contribution in [0.1, 0.15) is 20.7 Å². The summed E-state index contributed by atoms with van der Waals surface area (Å²) in [6, 6.07) is 5.33. The highest BCUT2D eigenvalue weighted by molar-refractivity contribution is 6.54. The van der Waals surface area contributed by atoms with Gasteiger partial charge >= 0.3 is 5.97 Å². The smallest absolute Gasteiger partial charge is 0.338 e. The summed E-state index contributed by atoms with van der Waals surface area (Å²) in [5.74, 6) is -3.23. The second kappa shape index (κ2) is 6.93. The summed E-state index contributed by atoms with van der Waals surface area (Å²) in [6.07, 6.45) is 0. The molecule has 23 heavy (non-hydrogen) atoms. The summed E-state index contributed by atoms with van der Waals surface area (Å²) >= 11 is 23.4. The highest BCUT2D eigenvalue weighted by atomic mass is 35.5. The van der Waals surface area contributed by atoms with Crippen molar-refractivity contribution >= 4 is 64.0 Å². The van der Waals surface area contributed by atoms with Crippen LogP contribution >= 0.6 is 46.4 Å². The van der Waals surface area contributed by atoms with E-state index in [1.165, 1.54) is 18.2 Å². The fraction of sp³-hybridized carbons (Fsp3) is 0. The van der Waals surface area contributed by atoms with Gasteiger partial charge in [0.05, 0.1) is 36.9 Å². The average molecular weight is 397 g/mol. The van der Waals surface area contributed by atoms with Crippen LogP contribution in [0.25, 0.3) is 0 Å². The topological polar surface area (TPSA) is 66.4 Å². The average Bonchev–Trinajstić information content (AvgIpc) is 2.50. The monoisotopic (exact) mass is 395 g/mol. The van der Waals surface area contributed by atoms with Crippen molar-refractivity contribution in [2.75, 3.05) is 5.32 Å². The molecular formula is C14H6Cl4FNO3. The highest BCUT2D eigenvalue weighted by Gasteiger charge is 2.29. The minimum absolute atomic E-state index is 0.160. The first-order valence-electron chi connectivity index (χ1n) is 5.90. The SMILES string of the molecule is O=C(O)c1c(Cl)c(Cl)c(Cl)c(Cl)c1C(=O)Nc1ccccc1F. The molecule has 0 radical (unpaired) electrons. The molecule has 0 aromatic heterocycles. The molecule has 1 amide bonds. The zero-order valence-corrected chi connectivity index (χ0v) is 14.0. The number of hydrogen-bond donors (Lipinski definition) is 2. The molecule has 0 aliphatic rings. The molecule has 0 aliphatic heterocycles. The molecule has 0 heterocycles. The van der Waals surface area contributed by atoms with Crippen molar-refractivity contribution in [3.05, 3.63) is 61.3 Å². The van der Waals surface area contributed by atoms with Gasteiger partial charge in [0, 0.05) is 0 Å². The van der Waals surface area contributed by atoms with Crippen LogP contribution in [-0.4, -0.2) is 17.0 Å². The molecule has 0 saturated heterocycles. The number of hydrogen-bond acceptors (Lipinski definition) is 2. The number of carbonyl (C=O) groups is 2. The third kappa shape index (κ3) is 3.38. The second-order valence-electron chi connectivity index (χ2n) is 4.25. The highest BCUT2D eigenvalue weighted by Crippen LogP contribution is 2.41. The third-order valence-corrected chi connectivity index (χ3v) is 4.63. The van der Waals surface area contributed by atoms with Crippen molar-refractivity contribution in [2.24, 2.45) is 0 Å². The largest absolute Gasteiger partial charge is 0.478 e. The Morgan fingerprint density at radius 1 is 0.913 bits per heavy atom. The van der Waals surface area contributed by atoms with Gasteiger partial charge in [0.1, 0.15) is 5.82 Å². The van der Waals surface area contributed by atoms with E-state index in [1.807, 2.05) is 0 Å². The van der Waals surface area contributed by atoms with Gasteiger partial charge in [0.2, 0.25) is 0 Å². The van der Waals surface area contributed by atoms with Crippen molar-refractivity contribution in [1.29, 1.82) is 0 Å². The Kier molecular flexibility index (Phi) is 5.37. The molecule has 0 fully saturated rings. The molecule has 4 nitrogen and oxygen atoms in total. The number of carboxylic acid groups (broad SMARTS) is 1. The molecule has 0 aliphatic carbocycles. The van der Waals surface area contributed by atoms with Gasteiger partial charge in [0.15, 0.2) is 0 Å². The Morgan fingerprint density at radius 2 is 1.43 bits per heavy atom. The zero-order valence-electron chi connectivity index (χ0n) is 11.0. The normalized spacial score (nSPS) is 10.5. The second-order valence-corrected chi connectivity index (χ2v) is 5.76. The third-order valence-electron chi connectivity index (χ3n) is 2.83. The molecule has 120 valence electrons. The van der Waals surface area contributed by atoms with E-state index in [-0.39, 0.29) is 15.7 Å². The van der Waals surface area contributed by atoms with E-state index in [9.17, 15) is 19.1 Å². The van der Waals surface area contributed by atoms with E-state index in [1.54, 1.807) is 0 Å². The predicted molar refractivity (Wildman–Crippen MR) is 87.8 cm³/mol. The standard InChI is InChI=1S/C14H6Cl4FNO3/c15-9-7(8(14(22)23)10(16)12(18)11(9)17)13(21)20-6-4-2-1-3-5(6)19/h1-4H,(H,20,21)(H,22,23). The van der Waals surface area contributed by atoms with Gasteiger partial charge in [-0.1, -0.05) is 58.5 Å². The van der Waals surface area contributed by atoms with Crippen LogP contribution < -0.4 is 5.32 Å². The van der Waals surface area contributed by atoms with Crippen LogP contribution in [0, 0.1) is 5.82 Å². The maximum absolute atomic E-state index is 13.6. The van der Waals surface area contributed by atoms with E-state index in [0.717, 1.165) is 6.07 Å². The Balaban J connectivity index is 2.61. The van der Waals surface area contributed by atoms with Gasteiger partial charge in [-0.15, -0.1) is 0 Å². The van der Waals surface area contributed by atoms with Crippen LogP contribution in [0.15, 0.2) is 24.3 Å². The van der Waals surface area contributed by atoms with Crippen LogP contribution in [0.3, 0.4) is 0 Å². The van der Waals surface area contributed by atoms with Gasteiger partial charge < -0.3 is 10.4 Å². The van der Waals surface area contributed by atoms with Crippen molar-refractivity contribution in [1.82, 2.24) is 0 Å². The summed E-state index contributed by atoms with van der Waals surface area (Å²) in [7, 11) is 0. The molecule has 0 spiro atoms. The van der Waals surface area contributed by atoms with Crippen LogP contribution in [0.2, 0.25) is 20.1 Å². The Bertz CT molecular complexity index is 826. The molecule has 2 aromatic rings. The number of amides is 1. The van der Waals surface area contributed by atoms with Crippen molar-refractivity contribution in [3.8, 4) is 0 Å². The van der Waals surface area contributed by atoms with E-state index in [2.05, 4.69) is 5.32 Å². The van der Waals surface area contributed by atoms with Gasteiger partial charge in [-0.2, -0.15) is 0 Å². The van der Waals surface area contributed by atoms with E-state index >= 15 is 0 Å². The van der Waals surface area contributed by atoms with Gasteiger partial charge in [-0.25, -0.2) is 9.18 Å². The first-order chi connectivity index (χ1) is 10.8. The van der Waals surface area contributed by atoms with Gasteiger partial charge in [-0.3, -0.25) is 4.79 Å². The summed E-state index contributed by atoms with van der Waals surface area (Å²) in [5.41, 5.74) is -1.30. The van der Waals surface area contributed by atoms with Crippen molar-refractivity contribution < 1.29 is 19.1 Å². The summed E-state index contributed by atoms with van der Waals surface area (Å²) in [6.45, 7) is 0. The Hall–Kier alpha value is -1.53. The molecular weight excluding hydrogens is 391 g/mol. The zero-order chi connectivity index (χ0) is 17.3. The number of anilines is 1. The van der Waals surface area contributed by atoms with E-state index in [4.69, 9.17) is 46.4 Å². The number of rotatable bonds is 3. The maximum atomic E-state index is 13.6. The summed E-state index contributed by atoms with van der Waals surface area (Å²) in [5, 5.41) is 10.1. The number of carboxylic acids is 1. The summed E-state index contributed by atoms with van der Waals surface area (Å²) in [4.78, 5) is 23.7. The Labute approximate surface area is 149 Å². The number of aromatic carboxylic acids is 1. The van der Waals surface area contributed by atoms with Crippen molar-refractivity contribution in [3.63, 3.8) is 0 Å². The minimum Gasteiger partial charge on any atom is -0.478 e. The molecule has 2 rings (SSSR count). The predicted octanol–water partition coefficient (Wildman–Crippen LogP) is 5.39. The summed E-state index contributed by atoms with van der Waals surface area (Å²) < 4.78 is 13.6. The van der Waals surface area contributed by atoms with Crippen LogP contribution in [-0.2, 0) is 0 Å². The lowest BCUT2D eigenvalue weighted by Crippen LogP contribution is -2.18. The number of nitrogens with one attached hydrogen (secondary N) is 1. The maximum Gasteiger partial charge on any atom is 0.338 e. The molecule has 2 N–H and O–H groups in total. The van der Waals surface area contributed by atoms with E-state index < -0.39 is 38.9 Å². The first kappa shape index (κ1) is 17.8. The number of benzene rings is 2. The molecule has 0 unspecified atom stereocenters. The number of para-hydroxylation sites is 1. The lowest BCUT2D eigenvalue weighted by atomic mass is 10.1. The fourth-order valence-corrected chi connectivity index (χ4v) is 2.81. The lowest BCUT2D eigenvalue weighted by Gasteiger charge is -2.14.